The average Bonchev–Trinajstić information content (AvgIpc) is 3.17. The fraction of sp³-hybridized carbons (Fsp3) is 0.250. The van der Waals surface area contributed by atoms with Gasteiger partial charge in [-0.05, 0) is 64.4 Å². The largest absolute Gasteiger partial charge is 0.493 e. The summed E-state index contributed by atoms with van der Waals surface area (Å²) in [6.45, 7) is 8.09. The van der Waals surface area contributed by atoms with Gasteiger partial charge in [-0.1, -0.05) is 29.5 Å². The van der Waals surface area contributed by atoms with E-state index in [4.69, 9.17) is 9.47 Å². The van der Waals surface area contributed by atoms with Crippen molar-refractivity contribution in [3.05, 3.63) is 75.0 Å². The number of hydrogen-bond acceptors (Lipinski definition) is 10. The Labute approximate surface area is 237 Å². The van der Waals surface area contributed by atoms with Gasteiger partial charge < -0.3 is 19.9 Å². The zero-order valence-corrected chi connectivity index (χ0v) is 23.6. The molecule has 2 heterocycles. The molecule has 0 spiro atoms. The van der Waals surface area contributed by atoms with E-state index in [1.807, 2.05) is 0 Å². The van der Waals surface area contributed by atoms with E-state index in [0.717, 1.165) is 12.1 Å². The maximum absolute atomic E-state index is 14.5. The minimum atomic E-state index is -1.01. The van der Waals surface area contributed by atoms with Crippen LogP contribution in [0.25, 0.3) is 21.8 Å². The summed E-state index contributed by atoms with van der Waals surface area (Å²) in [6.07, 6.45) is -1.01. The first kappa shape index (κ1) is 29.3. The molecule has 4 rings (SSSR count). The molecule has 0 atom stereocenters. The first-order valence-corrected chi connectivity index (χ1v) is 13.2. The number of benzene rings is 2. The summed E-state index contributed by atoms with van der Waals surface area (Å²) in [4.78, 5) is 45.4. The maximum atomic E-state index is 14.5. The lowest BCUT2D eigenvalue weighted by atomic mass is 10.1. The number of esters is 1. The number of hydrogen-bond donors (Lipinski definition) is 2. The van der Waals surface area contributed by atoms with Gasteiger partial charge in [0, 0.05) is 5.69 Å². The van der Waals surface area contributed by atoms with Gasteiger partial charge in [0.1, 0.15) is 33.5 Å². The first-order valence-electron chi connectivity index (χ1n) is 12.4. The number of rotatable bonds is 6. The van der Waals surface area contributed by atoms with Crippen molar-refractivity contribution in [2.45, 2.75) is 40.2 Å². The molecular weight excluding hydrogens is 558 g/mol. The smallest absolute Gasteiger partial charge is 0.425 e. The highest BCUT2D eigenvalue weighted by atomic mass is 32.1. The standard InChI is InChI=1S/C28H26F2N4O6S/c1-6-39-25(36)19-14(2)31-23(20-17(29)8-7-9-18(20)30)33-22(19)32-16-12-10-15(11-13-16)21-24(35)34(27(38)41-21)26(37)40-28(3,4)5/h7-13,35H,6H2,1-5H3,(H,31,32,33). The number of aryl methyl sites for hydroxylation is 1. The fourth-order valence-electron chi connectivity index (χ4n) is 3.80. The first-order chi connectivity index (χ1) is 19.3. The molecule has 0 bridgehead atoms. The lowest BCUT2D eigenvalue weighted by Gasteiger charge is -2.19. The predicted molar refractivity (Wildman–Crippen MR) is 149 cm³/mol. The van der Waals surface area contributed by atoms with Crippen molar-refractivity contribution in [3.63, 3.8) is 0 Å². The van der Waals surface area contributed by atoms with Crippen molar-refractivity contribution in [1.29, 1.82) is 0 Å². The lowest BCUT2D eigenvalue weighted by Crippen LogP contribution is -2.31. The molecule has 4 aromatic rings. The number of aromatic nitrogens is 3. The van der Waals surface area contributed by atoms with Crippen LogP contribution in [0.1, 0.15) is 43.7 Å². The minimum absolute atomic E-state index is 0.0262. The van der Waals surface area contributed by atoms with Crippen LogP contribution >= 0.6 is 11.3 Å². The molecule has 0 fully saturated rings. The summed E-state index contributed by atoms with van der Waals surface area (Å²) >= 11 is 0.658. The summed E-state index contributed by atoms with van der Waals surface area (Å²) in [5.41, 5.74) is -0.413. The third-order valence-corrected chi connectivity index (χ3v) is 6.51. The van der Waals surface area contributed by atoms with Crippen molar-refractivity contribution in [2.75, 3.05) is 11.9 Å². The third kappa shape index (κ3) is 6.24. The topological polar surface area (TPSA) is 133 Å². The Morgan fingerprint density at radius 1 is 1.07 bits per heavy atom. The monoisotopic (exact) mass is 584 g/mol. The predicted octanol–water partition coefficient (Wildman–Crippen LogP) is 6.03. The summed E-state index contributed by atoms with van der Waals surface area (Å²) in [6, 6.07) is 9.60. The van der Waals surface area contributed by atoms with Crippen LogP contribution in [0.2, 0.25) is 0 Å². The fourth-order valence-corrected chi connectivity index (χ4v) is 4.66. The summed E-state index contributed by atoms with van der Waals surface area (Å²) in [5, 5.41) is 13.6. The van der Waals surface area contributed by atoms with Crippen LogP contribution in [0.15, 0.2) is 47.3 Å². The molecule has 0 saturated heterocycles. The number of carbonyl (C=O) groups is 2. The maximum Gasteiger partial charge on any atom is 0.425 e. The van der Waals surface area contributed by atoms with E-state index in [9.17, 15) is 28.3 Å². The Morgan fingerprint density at radius 2 is 1.71 bits per heavy atom. The highest BCUT2D eigenvalue weighted by Crippen LogP contribution is 2.34. The van der Waals surface area contributed by atoms with Crippen LogP contribution in [-0.4, -0.2) is 43.9 Å². The van der Waals surface area contributed by atoms with Gasteiger partial charge in [-0.3, -0.25) is 4.79 Å². The van der Waals surface area contributed by atoms with E-state index in [2.05, 4.69) is 15.3 Å². The zero-order chi connectivity index (χ0) is 30.1. The minimum Gasteiger partial charge on any atom is -0.493 e. The van der Waals surface area contributed by atoms with Crippen molar-refractivity contribution in [3.8, 4) is 27.7 Å². The lowest BCUT2D eigenvalue weighted by molar-refractivity contribution is 0.0512. The number of thiazole rings is 1. The molecule has 214 valence electrons. The average molecular weight is 585 g/mol. The molecule has 0 aliphatic carbocycles. The van der Waals surface area contributed by atoms with Crippen LogP contribution in [0.3, 0.4) is 0 Å². The number of halogens is 2. The number of aromatic hydroxyl groups is 1. The Bertz CT molecular complexity index is 1670. The van der Waals surface area contributed by atoms with Gasteiger partial charge in [0.05, 0.1) is 17.9 Å². The molecule has 0 radical (unpaired) electrons. The van der Waals surface area contributed by atoms with Gasteiger partial charge in [0.2, 0.25) is 5.88 Å². The molecule has 41 heavy (non-hydrogen) atoms. The highest BCUT2D eigenvalue weighted by Gasteiger charge is 2.26. The molecule has 0 unspecified atom stereocenters. The molecule has 0 aliphatic heterocycles. The van der Waals surface area contributed by atoms with E-state index in [-0.39, 0.29) is 34.4 Å². The number of nitrogens with one attached hydrogen (secondary N) is 1. The van der Waals surface area contributed by atoms with E-state index in [1.54, 1.807) is 52.0 Å². The van der Waals surface area contributed by atoms with Crippen LogP contribution in [-0.2, 0) is 9.47 Å². The van der Waals surface area contributed by atoms with Crippen molar-refractivity contribution in [2.24, 2.45) is 0 Å². The van der Waals surface area contributed by atoms with Crippen molar-refractivity contribution < 1.29 is 33.0 Å². The second kappa shape index (κ2) is 11.5. The normalized spacial score (nSPS) is 11.3. The van der Waals surface area contributed by atoms with Gasteiger partial charge >= 0.3 is 16.9 Å². The molecule has 2 aromatic carbocycles. The van der Waals surface area contributed by atoms with Gasteiger partial charge in [0.15, 0.2) is 5.82 Å². The molecule has 2 N–H and O–H groups in total. The summed E-state index contributed by atoms with van der Waals surface area (Å²) < 4.78 is 39.9. The highest BCUT2D eigenvalue weighted by molar-refractivity contribution is 7.13. The van der Waals surface area contributed by atoms with Gasteiger partial charge in [-0.15, -0.1) is 0 Å². The zero-order valence-electron chi connectivity index (χ0n) is 22.7. The Kier molecular flexibility index (Phi) is 8.19. The van der Waals surface area contributed by atoms with E-state index >= 15 is 0 Å². The van der Waals surface area contributed by atoms with Crippen LogP contribution < -0.4 is 10.2 Å². The Balaban J connectivity index is 1.71. The van der Waals surface area contributed by atoms with Gasteiger partial charge in [-0.25, -0.2) is 28.3 Å². The summed E-state index contributed by atoms with van der Waals surface area (Å²) in [7, 11) is 0. The SMILES string of the molecule is CCOC(=O)c1c(C)nc(-c2c(F)cccc2F)nc1Nc1ccc(-c2sc(=O)n(C(=O)OC(C)(C)C)c2O)cc1. The number of carbonyl (C=O) groups excluding carboxylic acids is 2. The number of nitrogens with zero attached hydrogens (tertiary/aromatic N) is 3. The molecule has 0 aliphatic rings. The Hall–Kier alpha value is -4.65. The van der Waals surface area contributed by atoms with Crippen molar-refractivity contribution in [1.82, 2.24) is 14.5 Å². The molecule has 0 amide bonds. The molecule has 10 nitrogen and oxygen atoms in total. The molecule has 0 saturated carbocycles. The van der Waals surface area contributed by atoms with E-state index in [1.165, 1.54) is 13.0 Å². The Morgan fingerprint density at radius 3 is 2.29 bits per heavy atom. The second-order valence-corrected chi connectivity index (χ2v) is 10.7. The van der Waals surface area contributed by atoms with Crippen LogP contribution in [0.4, 0.5) is 25.1 Å². The van der Waals surface area contributed by atoms with E-state index < -0.39 is 45.6 Å². The molecular formula is C28H26F2N4O6S. The van der Waals surface area contributed by atoms with Gasteiger partial charge in [0.25, 0.3) is 0 Å². The van der Waals surface area contributed by atoms with E-state index in [0.29, 0.717) is 27.2 Å². The number of anilines is 2. The quantitative estimate of drug-likeness (QED) is 0.261. The number of ether oxygens (including phenoxy) is 2. The molecule has 13 heteroatoms. The summed E-state index contributed by atoms with van der Waals surface area (Å²) in [5.74, 6) is -3.37. The van der Waals surface area contributed by atoms with Gasteiger partial charge in [-0.2, -0.15) is 4.57 Å². The van der Waals surface area contributed by atoms with Crippen molar-refractivity contribution >= 4 is 34.9 Å². The molecule has 2 aromatic heterocycles. The third-order valence-electron chi connectivity index (χ3n) is 5.53. The van der Waals surface area contributed by atoms with Crippen LogP contribution in [0, 0.1) is 18.6 Å². The van der Waals surface area contributed by atoms with Crippen LogP contribution in [0.5, 0.6) is 5.88 Å². The second-order valence-electron chi connectivity index (χ2n) is 9.71.